The summed E-state index contributed by atoms with van der Waals surface area (Å²) in [7, 11) is -2.18. The Morgan fingerprint density at radius 3 is 2.49 bits per heavy atom. The Kier molecular flexibility index (Phi) is 8.26. The van der Waals surface area contributed by atoms with Crippen LogP contribution < -0.4 is 10.3 Å². The molecule has 3 aromatic rings. The summed E-state index contributed by atoms with van der Waals surface area (Å²) in [5.41, 5.74) is 1.33. The van der Waals surface area contributed by atoms with E-state index in [-0.39, 0.29) is 28.2 Å². The van der Waals surface area contributed by atoms with Gasteiger partial charge in [0.15, 0.2) is 5.52 Å². The first kappa shape index (κ1) is 27.2. The molecule has 1 N–H and O–H groups in total. The molecule has 0 aromatic carbocycles. The van der Waals surface area contributed by atoms with E-state index in [1.807, 2.05) is 13.8 Å². The van der Waals surface area contributed by atoms with Gasteiger partial charge in [0, 0.05) is 33.3 Å². The molecule has 202 valence electrons. The van der Waals surface area contributed by atoms with Crippen LogP contribution in [0, 0.1) is 0 Å². The number of aromatic nitrogens is 5. The van der Waals surface area contributed by atoms with E-state index < -0.39 is 15.6 Å². The highest BCUT2D eigenvalue weighted by molar-refractivity contribution is 7.89. The number of hydrogen-bond donors (Lipinski definition) is 1. The highest BCUT2D eigenvalue weighted by Gasteiger charge is 2.30. The first-order valence-electron chi connectivity index (χ1n) is 12.6. The topological polar surface area (TPSA) is 136 Å². The van der Waals surface area contributed by atoms with Crippen molar-refractivity contribution in [3.63, 3.8) is 0 Å². The number of aryl methyl sites for hydroxylation is 1. The molecule has 0 radical (unpaired) electrons. The largest absolute Gasteiger partial charge is 0.477 e. The lowest BCUT2D eigenvalue weighted by Crippen LogP contribution is -2.48. The molecule has 4 heterocycles. The number of nitrogens with zero attached hydrogens (tertiary/aromatic N) is 6. The van der Waals surface area contributed by atoms with Crippen LogP contribution in [-0.4, -0.2) is 95.4 Å². The van der Waals surface area contributed by atoms with E-state index in [4.69, 9.17) is 14.5 Å². The fourth-order valence-electron chi connectivity index (χ4n) is 4.60. The molecule has 1 fully saturated rings. The van der Waals surface area contributed by atoms with Crippen LogP contribution in [0.15, 0.2) is 22.0 Å². The van der Waals surface area contributed by atoms with Crippen molar-refractivity contribution in [2.24, 2.45) is 0 Å². The smallest absolute Gasteiger partial charge is 0.279 e. The fourth-order valence-corrected chi connectivity index (χ4v) is 6.00. The molecule has 4 rings (SSSR count). The molecule has 12 nitrogen and oxygen atoms in total. The van der Waals surface area contributed by atoms with E-state index in [1.54, 1.807) is 18.7 Å². The second-order valence-electron chi connectivity index (χ2n) is 8.96. The van der Waals surface area contributed by atoms with E-state index in [0.29, 0.717) is 56.9 Å². The Labute approximate surface area is 216 Å². The van der Waals surface area contributed by atoms with Gasteiger partial charge in [-0.3, -0.25) is 9.48 Å². The van der Waals surface area contributed by atoms with Gasteiger partial charge in [0.1, 0.15) is 16.2 Å². The molecule has 1 saturated heterocycles. The third-order valence-electron chi connectivity index (χ3n) is 6.59. The van der Waals surface area contributed by atoms with E-state index >= 15 is 0 Å². The summed E-state index contributed by atoms with van der Waals surface area (Å²) in [5.74, 6) is 0.368. The molecule has 13 heteroatoms. The van der Waals surface area contributed by atoms with Crippen LogP contribution >= 0.6 is 0 Å². The summed E-state index contributed by atoms with van der Waals surface area (Å²) in [4.78, 5) is 27.1. The van der Waals surface area contributed by atoms with Gasteiger partial charge in [-0.2, -0.15) is 9.40 Å². The first-order valence-corrected chi connectivity index (χ1v) is 14.0. The van der Waals surface area contributed by atoms with Crippen LogP contribution in [0.1, 0.15) is 39.4 Å². The van der Waals surface area contributed by atoms with Crippen LogP contribution in [-0.2, 0) is 21.2 Å². The lowest BCUT2D eigenvalue weighted by Gasteiger charge is -2.33. The van der Waals surface area contributed by atoms with Crippen LogP contribution in [0.2, 0.25) is 0 Å². The Bertz CT molecular complexity index is 1410. The summed E-state index contributed by atoms with van der Waals surface area (Å²) in [6, 6.07) is 1.38. The predicted octanol–water partition coefficient (Wildman–Crippen LogP) is 1.68. The summed E-state index contributed by atoms with van der Waals surface area (Å²) in [6.45, 7) is 11.5. The number of H-pyrrole nitrogens is 1. The second kappa shape index (κ2) is 11.3. The summed E-state index contributed by atoms with van der Waals surface area (Å²) in [5, 5.41) is 4.50. The minimum absolute atomic E-state index is 0.0266. The van der Waals surface area contributed by atoms with Gasteiger partial charge in [-0.25, -0.2) is 18.4 Å². The number of ether oxygens (including phenoxy) is 2. The van der Waals surface area contributed by atoms with Crippen molar-refractivity contribution in [2.75, 3.05) is 53.0 Å². The monoisotopic (exact) mass is 533 g/mol. The molecule has 0 amide bonds. The maximum absolute atomic E-state index is 13.5. The van der Waals surface area contributed by atoms with Crippen LogP contribution in [0.5, 0.6) is 5.88 Å². The Hall–Kier alpha value is -2.87. The van der Waals surface area contributed by atoms with Gasteiger partial charge in [0.2, 0.25) is 15.9 Å². The van der Waals surface area contributed by atoms with Crippen LogP contribution in [0.25, 0.3) is 22.4 Å². The average molecular weight is 534 g/mol. The van der Waals surface area contributed by atoms with Crippen LogP contribution in [0.3, 0.4) is 0 Å². The average Bonchev–Trinajstić information content (AvgIpc) is 3.28. The number of nitrogens with one attached hydrogen (secondary N) is 1. The normalized spacial score (nSPS) is 16.4. The quantitative estimate of drug-likeness (QED) is 0.413. The molecular weight excluding hydrogens is 498 g/mol. The van der Waals surface area contributed by atoms with E-state index in [2.05, 4.69) is 26.9 Å². The van der Waals surface area contributed by atoms with Gasteiger partial charge >= 0.3 is 0 Å². The minimum atomic E-state index is -3.80. The standard InChI is InChI=1S/C24H35N7O5S/c1-6-19-20-21(28-31(19)16(4)15-35-5)23(32)27-22(26-20)18-13-17(14-25-24(18)36-8-3)37(33,34)30-11-9-29(7-2)10-12-30/h13-14,16H,6-12,15H2,1-5H3,(H,26,27,32)/t16-/m0/s1. The van der Waals surface area contributed by atoms with Gasteiger partial charge in [0.05, 0.1) is 36.7 Å². The number of aromatic amines is 1. The molecule has 0 bridgehead atoms. The molecule has 1 aliphatic heterocycles. The number of fused-ring (bicyclic) bond motifs is 1. The van der Waals surface area contributed by atoms with Gasteiger partial charge in [-0.05, 0) is 32.9 Å². The van der Waals surface area contributed by atoms with Crippen molar-refractivity contribution in [3.8, 4) is 17.3 Å². The minimum Gasteiger partial charge on any atom is -0.477 e. The number of likely N-dealkylation sites (N-methyl/N-ethyl adjacent to an activating group) is 1. The van der Waals surface area contributed by atoms with Crippen molar-refractivity contribution in [2.45, 2.75) is 45.1 Å². The molecule has 0 saturated carbocycles. The van der Waals surface area contributed by atoms with E-state index in [9.17, 15) is 13.2 Å². The second-order valence-corrected chi connectivity index (χ2v) is 10.9. The molecule has 1 atom stereocenters. The third-order valence-corrected chi connectivity index (χ3v) is 8.46. The van der Waals surface area contributed by atoms with Gasteiger partial charge in [0.25, 0.3) is 5.56 Å². The first-order chi connectivity index (χ1) is 17.7. The molecule has 3 aromatic heterocycles. The molecule has 1 aliphatic rings. The van der Waals surface area contributed by atoms with E-state index in [1.165, 1.54) is 16.6 Å². The van der Waals surface area contributed by atoms with Crippen molar-refractivity contribution in [3.05, 3.63) is 28.3 Å². The van der Waals surface area contributed by atoms with Crippen molar-refractivity contribution in [1.82, 2.24) is 33.9 Å². The molecular formula is C24H35N7O5S. The maximum Gasteiger partial charge on any atom is 0.279 e. The zero-order valence-electron chi connectivity index (χ0n) is 22.0. The van der Waals surface area contributed by atoms with Gasteiger partial charge < -0.3 is 19.4 Å². The van der Waals surface area contributed by atoms with Gasteiger partial charge in [-0.1, -0.05) is 13.8 Å². The Morgan fingerprint density at radius 2 is 1.86 bits per heavy atom. The highest BCUT2D eigenvalue weighted by atomic mass is 32.2. The molecule has 37 heavy (non-hydrogen) atoms. The summed E-state index contributed by atoms with van der Waals surface area (Å²) < 4.78 is 41.1. The van der Waals surface area contributed by atoms with Crippen LogP contribution in [0.4, 0.5) is 0 Å². The summed E-state index contributed by atoms with van der Waals surface area (Å²) in [6.07, 6.45) is 1.89. The van der Waals surface area contributed by atoms with Crippen molar-refractivity contribution < 1.29 is 17.9 Å². The third kappa shape index (κ3) is 5.26. The number of sulfonamides is 1. The Balaban J connectivity index is 1.82. The summed E-state index contributed by atoms with van der Waals surface area (Å²) >= 11 is 0. The van der Waals surface area contributed by atoms with Crippen molar-refractivity contribution in [1.29, 1.82) is 0 Å². The number of pyridine rings is 1. The fraction of sp³-hybridized carbons (Fsp3) is 0.583. The number of piperazine rings is 1. The van der Waals surface area contributed by atoms with Gasteiger partial charge in [-0.15, -0.1) is 0 Å². The lowest BCUT2D eigenvalue weighted by atomic mass is 10.2. The molecule has 0 unspecified atom stereocenters. The predicted molar refractivity (Wildman–Crippen MR) is 139 cm³/mol. The number of hydrogen-bond acceptors (Lipinski definition) is 9. The molecule has 0 spiro atoms. The lowest BCUT2D eigenvalue weighted by molar-refractivity contribution is 0.156. The zero-order valence-corrected chi connectivity index (χ0v) is 22.8. The number of rotatable bonds is 10. The number of methoxy groups -OCH3 is 1. The zero-order chi connectivity index (χ0) is 26.7. The SMILES string of the molecule is CCOc1ncc(S(=O)(=O)N2CCN(CC)CC2)cc1-c1nc2c(CC)n([C@@H](C)COC)nc2c(=O)[nH]1. The van der Waals surface area contributed by atoms with Crippen molar-refractivity contribution >= 4 is 21.1 Å². The highest BCUT2D eigenvalue weighted by Crippen LogP contribution is 2.30. The maximum atomic E-state index is 13.5. The van der Waals surface area contributed by atoms with E-state index in [0.717, 1.165) is 12.2 Å². The Morgan fingerprint density at radius 1 is 1.14 bits per heavy atom. The molecule has 0 aliphatic carbocycles.